The third-order valence-electron chi connectivity index (χ3n) is 3.30. The van der Waals surface area contributed by atoms with E-state index in [-0.39, 0.29) is 5.91 Å². The molecule has 0 atom stereocenters. The number of likely N-dealkylation sites (N-methyl/N-ethyl adjacent to an activating group) is 1. The predicted octanol–water partition coefficient (Wildman–Crippen LogP) is 4.88. The number of pyridine rings is 1. The van der Waals surface area contributed by atoms with Crippen molar-refractivity contribution in [2.45, 2.75) is 13.0 Å². The van der Waals surface area contributed by atoms with Crippen molar-refractivity contribution in [3.63, 3.8) is 0 Å². The van der Waals surface area contributed by atoms with E-state index >= 15 is 0 Å². The van der Waals surface area contributed by atoms with Crippen LogP contribution < -0.4 is 0 Å². The fourth-order valence-corrected chi connectivity index (χ4v) is 4.52. The molecule has 8 heteroatoms. The van der Waals surface area contributed by atoms with Gasteiger partial charge in [-0.15, -0.1) is 22.7 Å². The third-order valence-corrected chi connectivity index (χ3v) is 6.27. The summed E-state index contributed by atoms with van der Waals surface area (Å²) in [6, 6.07) is 5.63. The Hall–Kier alpha value is -1.28. The van der Waals surface area contributed by atoms with Gasteiger partial charge < -0.3 is 4.90 Å². The first kappa shape index (κ1) is 17.5. The molecule has 0 aromatic carbocycles. The van der Waals surface area contributed by atoms with Gasteiger partial charge >= 0.3 is 0 Å². The smallest absolute Gasteiger partial charge is 0.228 e. The van der Waals surface area contributed by atoms with Crippen molar-refractivity contribution in [3.8, 4) is 9.88 Å². The fourth-order valence-electron chi connectivity index (χ4n) is 2.08. The Morgan fingerprint density at radius 1 is 1.33 bits per heavy atom. The van der Waals surface area contributed by atoms with Gasteiger partial charge in [-0.3, -0.25) is 4.79 Å². The summed E-state index contributed by atoms with van der Waals surface area (Å²) in [5.74, 6) is 0.0224. The van der Waals surface area contributed by atoms with Crippen LogP contribution >= 0.6 is 50.2 Å². The van der Waals surface area contributed by atoms with E-state index in [1.54, 1.807) is 46.9 Å². The third kappa shape index (κ3) is 4.42. The van der Waals surface area contributed by atoms with E-state index in [0.717, 1.165) is 25.6 Å². The van der Waals surface area contributed by atoms with Crippen molar-refractivity contribution < 1.29 is 4.79 Å². The molecule has 0 aliphatic heterocycles. The number of carbonyl (C=O) groups excluding carboxylic acids is 1. The van der Waals surface area contributed by atoms with Crippen LogP contribution in [0, 0.1) is 0 Å². The Morgan fingerprint density at radius 3 is 2.83 bits per heavy atom. The van der Waals surface area contributed by atoms with Crippen LogP contribution in [0.4, 0.5) is 0 Å². The van der Waals surface area contributed by atoms with Gasteiger partial charge in [0.1, 0.15) is 10.2 Å². The Bertz CT molecular complexity index is 847. The molecule has 0 saturated heterocycles. The van der Waals surface area contributed by atoms with Crippen LogP contribution in [0.15, 0.2) is 39.6 Å². The summed E-state index contributed by atoms with van der Waals surface area (Å²) in [7, 11) is 1.78. The highest BCUT2D eigenvalue weighted by Gasteiger charge is 2.14. The van der Waals surface area contributed by atoms with Gasteiger partial charge in [-0.05, 0) is 33.6 Å². The Kier molecular flexibility index (Phi) is 5.65. The second kappa shape index (κ2) is 7.74. The highest BCUT2D eigenvalue weighted by Crippen LogP contribution is 2.32. The maximum atomic E-state index is 12.4. The lowest BCUT2D eigenvalue weighted by molar-refractivity contribution is -0.129. The number of thiazole rings is 1. The number of hydrogen-bond donors (Lipinski definition) is 0. The highest BCUT2D eigenvalue weighted by molar-refractivity contribution is 9.10. The Balaban J connectivity index is 1.62. The maximum Gasteiger partial charge on any atom is 0.228 e. The van der Waals surface area contributed by atoms with Crippen molar-refractivity contribution in [2.24, 2.45) is 0 Å². The molecule has 0 spiro atoms. The topological polar surface area (TPSA) is 46.1 Å². The summed E-state index contributed by atoms with van der Waals surface area (Å²) in [4.78, 5) is 23.7. The predicted molar refractivity (Wildman–Crippen MR) is 103 cm³/mol. The van der Waals surface area contributed by atoms with E-state index in [1.165, 1.54) is 0 Å². The maximum absolute atomic E-state index is 12.4. The van der Waals surface area contributed by atoms with Crippen LogP contribution in [-0.2, 0) is 17.8 Å². The molecule has 0 unspecified atom stereocenters. The molecule has 0 N–H and O–H groups in total. The van der Waals surface area contributed by atoms with Crippen LogP contribution in [0.2, 0.25) is 5.15 Å². The van der Waals surface area contributed by atoms with E-state index in [4.69, 9.17) is 11.6 Å². The van der Waals surface area contributed by atoms with Crippen LogP contribution in [0.25, 0.3) is 9.88 Å². The van der Waals surface area contributed by atoms with Gasteiger partial charge in [0, 0.05) is 35.0 Å². The molecule has 3 aromatic rings. The molecule has 3 aromatic heterocycles. The number of aromatic nitrogens is 2. The summed E-state index contributed by atoms with van der Waals surface area (Å²) in [5, 5.41) is 5.36. The summed E-state index contributed by atoms with van der Waals surface area (Å²) >= 11 is 12.4. The average Bonchev–Trinajstić information content (AvgIpc) is 3.18. The molecule has 3 rings (SSSR count). The number of halogens is 2. The fraction of sp³-hybridized carbons (Fsp3) is 0.188. The molecule has 124 valence electrons. The molecule has 3 heterocycles. The van der Waals surface area contributed by atoms with E-state index in [0.29, 0.717) is 18.1 Å². The minimum Gasteiger partial charge on any atom is -0.341 e. The number of hydrogen-bond acceptors (Lipinski definition) is 5. The van der Waals surface area contributed by atoms with Gasteiger partial charge in [0.2, 0.25) is 5.91 Å². The molecule has 0 aliphatic carbocycles. The van der Waals surface area contributed by atoms with Crippen molar-refractivity contribution in [2.75, 3.05) is 7.05 Å². The van der Waals surface area contributed by atoms with Gasteiger partial charge in [-0.25, -0.2) is 9.97 Å². The van der Waals surface area contributed by atoms with Crippen LogP contribution in [0.5, 0.6) is 0 Å². The SMILES string of the molecule is CN(Cc1ccc(Cl)nc1)C(=O)Cc1csc(-c2cc(Br)cs2)n1. The molecular weight excluding hydrogens is 430 g/mol. The zero-order valence-electron chi connectivity index (χ0n) is 12.7. The first-order valence-corrected chi connectivity index (χ1v) is 9.97. The van der Waals surface area contributed by atoms with E-state index in [9.17, 15) is 4.79 Å². The lowest BCUT2D eigenvalue weighted by atomic mass is 10.2. The monoisotopic (exact) mass is 441 g/mol. The Labute approximate surface area is 161 Å². The molecule has 0 fully saturated rings. The number of nitrogens with zero attached hydrogens (tertiary/aromatic N) is 3. The van der Waals surface area contributed by atoms with Gasteiger partial charge in [-0.1, -0.05) is 17.7 Å². The zero-order valence-corrected chi connectivity index (χ0v) is 16.7. The normalized spacial score (nSPS) is 10.8. The lowest BCUT2D eigenvalue weighted by Crippen LogP contribution is -2.27. The van der Waals surface area contributed by atoms with Crippen molar-refractivity contribution in [3.05, 3.63) is 56.0 Å². The highest BCUT2D eigenvalue weighted by atomic mass is 79.9. The van der Waals surface area contributed by atoms with Crippen molar-refractivity contribution in [1.29, 1.82) is 0 Å². The van der Waals surface area contributed by atoms with E-state index < -0.39 is 0 Å². The average molecular weight is 443 g/mol. The van der Waals surface area contributed by atoms with Gasteiger partial charge in [0.15, 0.2) is 0 Å². The number of amides is 1. The van der Waals surface area contributed by atoms with Gasteiger partial charge in [0.25, 0.3) is 0 Å². The van der Waals surface area contributed by atoms with Crippen molar-refractivity contribution in [1.82, 2.24) is 14.9 Å². The first-order valence-electron chi connectivity index (χ1n) is 7.04. The quantitative estimate of drug-likeness (QED) is 0.529. The molecule has 1 amide bonds. The molecule has 4 nitrogen and oxygen atoms in total. The first-order chi connectivity index (χ1) is 11.5. The number of carbonyl (C=O) groups is 1. The second-order valence-corrected chi connectivity index (χ2v) is 8.26. The van der Waals surface area contributed by atoms with E-state index in [2.05, 4.69) is 25.9 Å². The summed E-state index contributed by atoms with van der Waals surface area (Å²) in [6.45, 7) is 0.498. The molecule has 0 bridgehead atoms. The Morgan fingerprint density at radius 2 is 2.17 bits per heavy atom. The number of rotatable bonds is 5. The van der Waals surface area contributed by atoms with E-state index in [1.807, 2.05) is 22.9 Å². The molecule has 0 aliphatic rings. The van der Waals surface area contributed by atoms with Gasteiger partial charge in [-0.2, -0.15) is 0 Å². The van der Waals surface area contributed by atoms with Crippen molar-refractivity contribution >= 4 is 56.1 Å². The van der Waals surface area contributed by atoms with Crippen LogP contribution in [-0.4, -0.2) is 27.8 Å². The minimum atomic E-state index is 0.0224. The molecule has 0 radical (unpaired) electrons. The largest absolute Gasteiger partial charge is 0.341 e. The van der Waals surface area contributed by atoms with Crippen LogP contribution in [0.1, 0.15) is 11.3 Å². The van der Waals surface area contributed by atoms with Crippen LogP contribution in [0.3, 0.4) is 0 Å². The summed E-state index contributed by atoms with van der Waals surface area (Å²) in [5.41, 5.74) is 1.74. The minimum absolute atomic E-state index is 0.0224. The van der Waals surface area contributed by atoms with Gasteiger partial charge in [0.05, 0.1) is 17.0 Å². The second-order valence-electron chi connectivity index (χ2n) is 5.19. The summed E-state index contributed by atoms with van der Waals surface area (Å²) in [6.07, 6.45) is 1.97. The summed E-state index contributed by atoms with van der Waals surface area (Å²) < 4.78 is 1.05. The zero-order chi connectivity index (χ0) is 17.1. The standard InChI is InChI=1S/C16H13BrClN3OS2/c1-21(7-10-2-3-14(18)19-6-10)15(22)5-12-9-24-16(20-12)13-4-11(17)8-23-13/h2-4,6,8-9H,5,7H2,1H3. The molecule has 24 heavy (non-hydrogen) atoms. The lowest BCUT2D eigenvalue weighted by Gasteiger charge is -2.16. The molecule has 0 saturated carbocycles. The molecular formula is C16H13BrClN3OS2. The number of thiophene rings is 1.